The maximum Gasteiger partial charge on any atom is 0.123 e. The molecule has 0 N–H and O–H groups in total. The van der Waals surface area contributed by atoms with Crippen molar-refractivity contribution in [2.75, 3.05) is 47.5 Å². The summed E-state index contributed by atoms with van der Waals surface area (Å²) in [4.78, 5) is 4.98. The highest BCUT2D eigenvalue weighted by atomic mass is 16.5. The molecular weight excluding hydrogens is 328 g/mol. The first kappa shape index (κ1) is 18.5. The Morgan fingerprint density at radius 1 is 0.692 bits per heavy atom. The standard InChI is InChI=1S/C21H28N2O3/c1-24-19-6-4-17(5-7-19)15-22-10-12-23(13-11-22)16-18-14-20(25-2)8-9-21(18)26-3/h4-9,14H,10-13,15-16H2,1-3H3. The Labute approximate surface area is 156 Å². The third-order valence-corrected chi connectivity index (χ3v) is 4.91. The molecule has 0 radical (unpaired) electrons. The molecule has 0 atom stereocenters. The van der Waals surface area contributed by atoms with Gasteiger partial charge in [-0.3, -0.25) is 9.80 Å². The molecule has 0 aliphatic carbocycles. The molecule has 0 saturated carbocycles. The number of ether oxygens (including phenoxy) is 3. The zero-order valence-corrected chi connectivity index (χ0v) is 15.9. The molecule has 1 heterocycles. The summed E-state index contributed by atoms with van der Waals surface area (Å²) in [7, 11) is 5.12. The third kappa shape index (κ3) is 4.68. The van der Waals surface area contributed by atoms with Gasteiger partial charge in [0.15, 0.2) is 0 Å². The van der Waals surface area contributed by atoms with E-state index in [1.54, 1.807) is 21.3 Å². The van der Waals surface area contributed by atoms with Crippen LogP contribution in [0.2, 0.25) is 0 Å². The molecule has 2 aromatic rings. The van der Waals surface area contributed by atoms with Gasteiger partial charge in [0.05, 0.1) is 21.3 Å². The number of nitrogens with zero attached hydrogens (tertiary/aromatic N) is 2. The number of hydrogen-bond acceptors (Lipinski definition) is 5. The SMILES string of the molecule is COc1ccc(CN2CCN(Cc3cc(OC)ccc3OC)CC2)cc1. The molecule has 0 amide bonds. The fourth-order valence-electron chi connectivity index (χ4n) is 3.34. The molecule has 5 heteroatoms. The predicted molar refractivity (Wildman–Crippen MR) is 103 cm³/mol. The fraction of sp³-hybridized carbons (Fsp3) is 0.429. The molecular formula is C21H28N2O3. The maximum absolute atomic E-state index is 5.50. The molecule has 2 aromatic carbocycles. The molecule has 0 spiro atoms. The summed E-state index contributed by atoms with van der Waals surface area (Å²) < 4.78 is 16.1. The summed E-state index contributed by atoms with van der Waals surface area (Å²) in [5.41, 5.74) is 2.50. The Morgan fingerprint density at radius 2 is 1.27 bits per heavy atom. The molecule has 1 aliphatic heterocycles. The second-order valence-electron chi connectivity index (χ2n) is 6.58. The summed E-state index contributed by atoms with van der Waals surface area (Å²) >= 11 is 0. The van der Waals surface area contributed by atoms with Crippen molar-refractivity contribution in [3.8, 4) is 17.2 Å². The van der Waals surface area contributed by atoms with Gasteiger partial charge >= 0.3 is 0 Å². The highest BCUT2D eigenvalue weighted by Crippen LogP contribution is 2.25. The Morgan fingerprint density at radius 3 is 1.85 bits per heavy atom. The van der Waals surface area contributed by atoms with E-state index in [0.717, 1.165) is 56.5 Å². The van der Waals surface area contributed by atoms with E-state index >= 15 is 0 Å². The quantitative estimate of drug-likeness (QED) is 0.762. The molecule has 0 bridgehead atoms. The minimum Gasteiger partial charge on any atom is -0.497 e. The number of methoxy groups -OCH3 is 3. The first-order chi connectivity index (χ1) is 12.7. The van der Waals surface area contributed by atoms with E-state index in [-0.39, 0.29) is 0 Å². The Kier molecular flexibility index (Phi) is 6.36. The molecule has 5 nitrogen and oxygen atoms in total. The van der Waals surface area contributed by atoms with Gasteiger partial charge in [0.25, 0.3) is 0 Å². The normalized spacial score (nSPS) is 15.7. The van der Waals surface area contributed by atoms with Crippen LogP contribution in [0, 0.1) is 0 Å². The number of benzene rings is 2. The van der Waals surface area contributed by atoms with Crippen LogP contribution >= 0.6 is 0 Å². The highest BCUT2D eigenvalue weighted by Gasteiger charge is 2.18. The molecule has 3 rings (SSSR count). The Bertz CT molecular complexity index is 695. The van der Waals surface area contributed by atoms with Gasteiger partial charge in [-0.1, -0.05) is 12.1 Å². The van der Waals surface area contributed by atoms with E-state index in [1.807, 2.05) is 24.3 Å². The van der Waals surface area contributed by atoms with Crippen LogP contribution in [-0.2, 0) is 13.1 Å². The van der Waals surface area contributed by atoms with Crippen LogP contribution in [0.4, 0.5) is 0 Å². The van der Waals surface area contributed by atoms with Crippen molar-refractivity contribution in [2.45, 2.75) is 13.1 Å². The Balaban J connectivity index is 1.53. The van der Waals surface area contributed by atoms with Crippen LogP contribution in [-0.4, -0.2) is 57.3 Å². The van der Waals surface area contributed by atoms with E-state index in [1.165, 1.54) is 11.1 Å². The summed E-state index contributed by atoms with van der Waals surface area (Å²) in [5.74, 6) is 2.70. The summed E-state index contributed by atoms with van der Waals surface area (Å²) in [6, 6.07) is 14.3. The maximum atomic E-state index is 5.50. The number of hydrogen-bond donors (Lipinski definition) is 0. The first-order valence-corrected chi connectivity index (χ1v) is 9.00. The van der Waals surface area contributed by atoms with Gasteiger partial charge in [-0.25, -0.2) is 0 Å². The van der Waals surface area contributed by atoms with Crippen molar-refractivity contribution in [3.05, 3.63) is 53.6 Å². The Hall–Kier alpha value is -2.24. The topological polar surface area (TPSA) is 34.2 Å². The summed E-state index contributed by atoms with van der Waals surface area (Å²) in [5, 5.41) is 0. The van der Waals surface area contributed by atoms with Crippen molar-refractivity contribution < 1.29 is 14.2 Å². The van der Waals surface area contributed by atoms with E-state index < -0.39 is 0 Å². The first-order valence-electron chi connectivity index (χ1n) is 9.00. The predicted octanol–water partition coefficient (Wildman–Crippen LogP) is 3.03. The molecule has 140 valence electrons. The second-order valence-corrected chi connectivity index (χ2v) is 6.58. The van der Waals surface area contributed by atoms with Gasteiger partial charge in [-0.2, -0.15) is 0 Å². The zero-order valence-electron chi connectivity index (χ0n) is 15.9. The van der Waals surface area contributed by atoms with Crippen molar-refractivity contribution >= 4 is 0 Å². The number of rotatable bonds is 7. The average molecular weight is 356 g/mol. The van der Waals surface area contributed by atoms with Crippen LogP contribution in [0.3, 0.4) is 0 Å². The van der Waals surface area contributed by atoms with Crippen molar-refractivity contribution in [1.29, 1.82) is 0 Å². The molecule has 1 fully saturated rings. The van der Waals surface area contributed by atoms with E-state index in [4.69, 9.17) is 14.2 Å². The lowest BCUT2D eigenvalue weighted by molar-refractivity contribution is 0.121. The van der Waals surface area contributed by atoms with Crippen molar-refractivity contribution in [1.82, 2.24) is 9.80 Å². The van der Waals surface area contributed by atoms with Crippen molar-refractivity contribution in [3.63, 3.8) is 0 Å². The third-order valence-electron chi connectivity index (χ3n) is 4.91. The fourth-order valence-corrected chi connectivity index (χ4v) is 3.34. The molecule has 1 aliphatic rings. The van der Waals surface area contributed by atoms with E-state index in [0.29, 0.717) is 0 Å². The van der Waals surface area contributed by atoms with Crippen LogP contribution in [0.5, 0.6) is 17.2 Å². The van der Waals surface area contributed by atoms with Crippen LogP contribution in [0.25, 0.3) is 0 Å². The zero-order chi connectivity index (χ0) is 18.4. The lowest BCUT2D eigenvalue weighted by Crippen LogP contribution is -2.45. The monoisotopic (exact) mass is 356 g/mol. The van der Waals surface area contributed by atoms with Crippen LogP contribution < -0.4 is 14.2 Å². The van der Waals surface area contributed by atoms with Gasteiger partial charge < -0.3 is 14.2 Å². The minimum absolute atomic E-state index is 0.874. The van der Waals surface area contributed by atoms with Gasteiger partial charge in [0.2, 0.25) is 0 Å². The lowest BCUT2D eigenvalue weighted by atomic mass is 10.1. The van der Waals surface area contributed by atoms with Crippen molar-refractivity contribution in [2.24, 2.45) is 0 Å². The van der Waals surface area contributed by atoms with E-state index in [2.05, 4.69) is 28.0 Å². The molecule has 26 heavy (non-hydrogen) atoms. The van der Waals surface area contributed by atoms with E-state index in [9.17, 15) is 0 Å². The lowest BCUT2D eigenvalue weighted by Gasteiger charge is -2.35. The summed E-state index contributed by atoms with van der Waals surface area (Å²) in [6.07, 6.45) is 0. The summed E-state index contributed by atoms with van der Waals surface area (Å²) in [6.45, 7) is 6.11. The molecule has 1 saturated heterocycles. The molecule has 0 unspecified atom stereocenters. The highest BCUT2D eigenvalue weighted by molar-refractivity contribution is 5.40. The van der Waals surface area contributed by atoms with Gasteiger partial charge in [-0.15, -0.1) is 0 Å². The van der Waals surface area contributed by atoms with Crippen LogP contribution in [0.15, 0.2) is 42.5 Å². The largest absolute Gasteiger partial charge is 0.497 e. The van der Waals surface area contributed by atoms with Gasteiger partial charge in [0.1, 0.15) is 17.2 Å². The number of piperazine rings is 1. The van der Waals surface area contributed by atoms with Gasteiger partial charge in [-0.05, 0) is 35.9 Å². The average Bonchev–Trinajstić information content (AvgIpc) is 2.70. The second kappa shape index (κ2) is 8.92. The van der Waals surface area contributed by atoms with Crippen LogP contribution in [0.1, 0.15) is 11.1 Å². The molecule has 0 aromatic heterocycles. The smallest absolute Gasteiger partial charge is 0.123 e. The van der Waals surface area contributed by atoms with Gasteiger partial charge in [0, 0.05) is 44.8 Å². The minimum atomic E-state index is 0.874.